The maximum absolute atomic E-state index is 12.7. The first-order valence-electron chi connectivity index (χ1n) is 8.20. The second-order valence-corrected chi connectivity index (χ2v) is 6.31. The highest BCUT2D eigenvalue weighted by Crippen LogP contribution is 2.26. The van der Waals surface area contributed by atoms with E-state index in [2.05, 4.69) is 10.3 Å². The molecule has 1 atom stereocenters. The number of fused-ring (bicyclic) bond motifs is 1. The van der Waals surface area contributed by atoms with E-state index in [9.17, 15) is 14.7 Å². The first-order chi connectivity index (χ1) is 13.0. The molecule has 0 aliphatic heterocycles. The first kappa shape index (κ1) is 18.7. The number of carbonyl (C=O) groups excluding carboxylic acids is 1. The molecule has 2 N–H and O–H groups in total. The van der Waals surface area contributed by atoms with E-state index in [1.165, 1.54) is 0 Å². The summed E-state index contributed by atoms with van der Waals surface area (Å²) in [6.07, 6.45) is -0.291. The van der Waals surface area contributed by atoms with Crippen molar-refractivity contribution in [3.05, 3.63) is 70.9 Å². The van der Waals surface area contributed by atoms with E-state index in [0.717, 1.165) is 5.39 Å². The van der Waals surface area contributed by atoms with Crippen LogP contribution in [0.3, 0.4) is 0 Å². The predicted molar refractivity (Wildman–Crippen MR) is 102 cm³/mol. The highest BCUT2D eigenvalue weighted by Gasteiger charge is 2.21. The number of carboxylic acids is 1. The normalized spacial score (nSPS) is 11.8. The zero-order valence-corrected chi connectivity index (χ0v) is 15.2. The Morgan fingerprint density at radius 3 is 2.67 bits per heavy atom. The number of methoxy groups -OCH3 is 1. The fraction of sp³-hybridized carbons (Fsp3) is 0.150. The van der Waals surface area contributed by atoms with Gasteiger partial charge in [0.15, 0.2) is 0 Å². The summed E-state index contributed by atoms with van der Waals surface area (Å²) in [5, 5.41) is 13.1. The minimum atomic E-state index is -1.04. The van der Waals surface area contributed by atoms with E-state index in [1.54, 1.807) is 55.6 Å². The van der Waals surface area contributed by atoms with E-state index in [-0.39, 0.29) is 12.1 Å². The smallest absolute Gasteiger partial charge is 0.305 e. The average molecular weight is 385 g/mol. The third-order valence-electron chi connectivity index (χ3n) is 4.09. The molecule has 0 aliphatic rings. The molecule has 0 spiro atoms. The lowest BCUT2D eigenvalue weighted by Crippen LogP contribution is -2.31. The summed E-state index contributed by atoms with van der Waals surface area (Å²) in [6.45, 7) is 0. The Morgan fingerprint density at radius 1 is 1.19 bits per heavy atom. The molecule has 0 saturated carbocycles. The second-order valence-electron chi connectivity index (χ2n) is 5.90. The highest BCUT2D eigenvalue weighted by atomic mass is 35.5. The van der Waals surface area contributed by atoms with Gasteiger partial charge in [-0.05, 0) is 35.9 Å². The maximum atomic E-state index is 12.7. The van der Waals surface area contributed by atoms with E-state index >= 15 is 0 Å². The number of nitrogens with zero attached hydrogens (tertiary/aromatic N) is 1. The van der Waals surface area contributed by atoms with E-state index in [4.69, 9.17) is 16.3 Å². The number of pyridine rings is 1. The number of aromatic nitrogens is 1. The molecule has 0 fully saturated rings. The van der Waals surface area contributed by atoms with Crippen LogP contribution in [0.15, 0.2) is 54.6 Å². The number of carbonyl (C=O) groups is 2. The molecule has 0 saturated heterocycles. The topological polar surface area (TPSA) is 88.5 Å². The summed E-state index contributed by atoms with van der Waals surface area (Å²) in [4.78, 5) is 28.2. The van der Waals surface area contributed by atoms with Crippen LogP contribution in [-0.4, -0.2) is 29.1 Å². The van der Waals surface area contributed by atoms with Gasteiger partial charge in [-0.15, -0.1) is 0 Å². The molecule has 7 heteroatoms. The Morgan fingerprint density at radius 2 is 1.96 bits per heavy atom. The van der Waals surface area contributed by atoms with Crippen LogP contribution in [0, 0.1) is 0 Å². The standard InChI is InChI=1S/C20H17ClN2O4/c1-27-13-7-9-16-12(10-13)6-8-17(22-16)20(26)23-18(11-19(24)25)14-4-2-3-5-15(14)21/h2-10,18H,11H2,1H3,(H,23,26)(H,24,25)/t18-/m0/s1. The van der Waals surface area contributed by atoms with E-state index in [0.29, 0.717) is 21.9 Å². The molecule has 0 unspecified atom stereocenters. The third-order valence-corrected chi connectivity index (χ3v) is 4.44. The molecule has 0 radical (unpaired) electrons. The molecule has 0 bridgehead atoms. The molecule has 2 aromatic carbocycles. The first-order valence-corrected chi connectivity index (χ1v) is 8.57. The van der Waals surface area contributed by atoms with Gasteiger partial charge in [0.05, 0.1) is 25.1 Å². The molecule has 6 nitrogen and oxygen atoms in total. The van der Waals surface area contributed by atoms with Crippen LogP contribution in [0.25, 0.3) is 10.9 Å². The van der Waals surface area contributed by atoms with Gasteiger partial charge in [-0.2, -0.15) is 0 Å². The van der Waals surface area contributed by atoms with Crippen molar-refractivity contribution in [2.45, 2.75) is 12.5 Å². The summed E-state index contributed by atoms with van der Waals surface area (Å²) in [6, 6.07) is 14.7. The number of rotatable bonds is 6. The van der Waals surface area contributed by atoms with Gasteiger partial charge < -0.3 is 15.2 Å². The van der Waals surface area contributed by atoms with Gasteiger partial charge in [0.25, 0.3) is 5.91 Å². The Labute approximate surface area is 160 Å². The van der Waals surface area contributed by atoms with Gasteiger partial charge in [0, 0.05) is 10.4 Å². The lowest BCUT2D eigenvalue weighted by molar-refractivity contribution is -0.137. The number of amides is 1. The number of benzene rings is 2. The fourth-order valence-corrected chi connectivity index (χ4v) is 3.03. The summed E-state index contributed by atoms with van der Waals surface area (Å²) in [7, 11) is 1.58. The zero-order valence-electron chi connectivity index (χ0n) is 14.5. The maximum Gasteiger partial charge on any atom is 0.305 e. The van der Waals surface area contributed by atoms with Crippen molar-refractivity contribution < 1.29 is 19.4 Å². The summed E-state index contributed by atoms with van der Waals surface area (Å²) in [5.74, 6) is -0.820. The van der Waals surface area contributed by atoms with Gasteiger partial charge in [-0.3, -0.25) is 9.59 Å². The highest BCUT2D eigenvalue weighted by molar-refractivity contribution is 6.31. The zero-order chi connectivity index (χ0) is 19.4. The van der Waals surface area contributed by atoms with Crippen LogP contribution >= 0.6 is 11.6 Å². The molecule has 0 aliphatic carbocycles. The Balaban J connectivity index is 1.88. The minimum Gasteiger partial charge on any atom is -0.497 e. The second kappa shape index (κ2) is 8.05. The van der Waals surface area contributed by atoms with Crippen molar-refractivity contribution in [2.24, 2.45) is 0 Å². The molecule has 3 rings (SSSR count). The largest absolute Gasteiger partial charge is 0.497 e. The summed E-state index contributed by atoms with van der Waals surface area (Å²) >= 11 is 6.17. The van der Waals surface area contributed by atoms with Crippen LogP contribution in [0.1, 0.15) is 28.5 Å². The predicted octanol–water partition coefficient (Wildman–Crippen LogP) is 3.84. The lowest BCUT2D eigenvalue weighted by Gasteiger charge is -2.18. The van der Waals surface area contributed by atoms with Crippen molar-refractivity contribution in [1.29, 1.82) is 0 Å². The van der Waals surface area contributed by atoms with Crippen molar-refractivity contribution in [3.8, 4) is 5.75 Å². The fourth-order valence-electron chi connectivity index (χ4n) is 2.76. The molecule has 3 aromatic rings. The van der Waals surface area contributed by atoms with Gasteiger partial charge in [-0.1, -0.05) is 35.9 Å². The monoisotopic (exact) mass is 384 g/mol. The Bertz CT molecular complexity index is 1010. The lowest BCUT2D eigenvalue weighted by atomic mass is 10.0. The molecule has 27 heavy (non-hydrogen) atoms. The molecule has 1 aromatic heterocycles. The van der Waals surface area contributed by atoms with Crippen LogP contribution in [0.5, 0.6) is 5.75 Å². The number of aliphatic carboxylic acids is 1. The number of ether oxygens (including phenoxy) is 1. The van der Waals surface area contributed by atoms with Crippen molar-refractivity contribution in [3.63, 3.8) is 0 Å². The minimum absolute atomic E-state index is 0.190. The van der Waals surface area contributed by atoms with Crippen LogP contribution in [-0.2, 0) is 4.79 Å². The Kier molecular flexibility index (Phi) is 5.57. The van der Waals surface area contributed by atoms with E-state index < -0.39 is 17.9 Å². The van der Waals surface area contributed by atoms with Gasteiger partial charge in [0.2, 0.25) is 0 Å². The number of halogens is 1. The summed E-state index contributed by atoms with van der Waals surface area (Å²) in [5.41, 5.74) is 1.37. The molecule has 1 amide bonds. The van der Waals surface area contributed by atoms with Gasteiger partial charge in [-0.25, -0.2) is 4.98 Å². The number of nitrogens with one attached hydrogen (secondary N) is 1. The summed E-state index contributed by atoms with van der Waals surface area (Å²) < 4.78 is 5.17. The molecule has 138 valence electrons. The van der Waals surface area contributed by atoms with Gasteiger partial charge >= 0.3 is 5.97 Å². The van der Waals surface area contributed by atoms with Crippen molar-refractivity contribution >= 4 is 34.4 Å². The molecular formula is C20H17ClN2O4. The average Bonchev–Trinajstić information content (AvgIpc) is 2.66. The number of hydrogen-bond acceptors (Lipinski definition) is 4. The van der Waals surface area contributed by atoms with Crippen molar-refractivity contribution in [1.82, 2.24) is 10.3 Å². The molecular weight excluding hydrogens is 368 g/mol. The Hall–Kier alpha value is -3.12. The number of carboxylic acid groups (broad SMARTS) is 1. The van der Waals surface area contributed by atoms with Crippen LogP contribution in [0.2, 0.25) is 5.02 Å². The van der Waals surface area contributed by atoms with E-state index in [1.807, 2.05) is 6.07 Å². The van der Waals surface area contributed by atoms with Gasteiger partial charge in [0.1, 0.15) is 11.4 Å². The SMILES string of the molecule is COc1ccc2nc(C(=O)N[C@@H](CC(=O)O)c3ccccc3Cl)ccc2c1. The third kappa shape index (κ3) is 4.35. The van der Waals surface area contributed by atoms with Crippen molar-refractivity contribution in [2.75, 3.05) is 7.11 Å². The van der Waals surface area contributed by atoms with Crippen LogP contribution in [0.4, 0.5) is 0 Å². The quantitative estimate of drug-likeness (QED) is 0.674. The number of hydrogen-bond donors (Lipinski definition) is 2. The van der Waals surface area contributed by atoms with Crippen LogP contribution < -0.4 is 10.1 Å². The molecule has 1 heterocycles.